The third-order valence-electron chi connectivity index (χ3n) is 3.54. The Hall–Kier alpha value is -2.40. The van der Waals surface area contributed by atoms with Gasteiger partial charge in [0, 0.05) is 16.7 Å². The van der Waals surface area contributed by atoms with E-state index in [-0.39, 0.29) is 11.1 Å². The predicted molar refractivity (Wildman–Crippen MR) is 75.7 cm³/mol. The fourth-order valence-electron chi connectivity index (χ4n) is 2.51. The van der Waals surface area contributed by atoms with Gasteiger partial charge in [-0.1, -0.05) is 12.1 Å². The highest BCUT2D eigenvalue weighted by molar-refractivity contribution is 7.86. The van der Waals surface area contributed by atoms with Crippen LogP contribution in [0.1, 0.15) is 31.8 Å². The topological polar surface area (TPSA) is 149 Å². The summed E-state index contributed by atoms with van der Waals surface area (Å²) in [5.41, 5.74) is -1.52. The molecule has 0 amide bonds. The molecule has 0 aliphatic heterocycles. The van der Waals surface area contributed by atoms with E-state index in [0.717, 1.165) is 24.3 Å². The van der Waals surface area contributed by atoms with Crippen molar-refractivity contribution in [3.63, 3.8) is 0 Å². The third kappa shape index (κ3) is 2.45. The van der Waals surface area contributed by atoms with Gasteiger partial charge >= 0.3 is 0 Å². The van der Waals surface area contributed by atoms with Crippen LogP contribution in [0.15, 0.2) is 46.2 Å². The maximum Gasteiger partial charge on any atom is 0.195 e. The zero-order chi connectivity index (χ0) is 17.9. The van der Waals surface area contributed by atoms with E-state index in [0.29, 0.717) is 6.07 Å². The zero-order valence-electron chi connectivity index (χ0n) is 11.5. The summed E-state index contributed by atoms with van der Waals surface area (Å²) >= 11 is 0. The second kappa shape index (κ2) is 5.05. The van der Waals surface area contributed by atoms with Crippen LogP contribution < -0.4 is 0 Å². The minimum atomic E-state index is -5.04. The summed E-state index contributed by atoms with van der Waals surface area (Å²) < 4.78 is 67.2. The molecular formula is C14H6O8S2-2. The van der Waals surface area contributed by atoms with Gasteiger partial charge in [0.25, 0.3) is 0 Å². The van der Waals surface area contributed by atoms with Crippen molar-refractivity contribution in [2.75, 3.05) is 0 Å². The van der Waals surface area contributed by atoms with E-state index >= 15 is 0 Å². The van der Waals surface area contributed by atoms with Crippen molar-refractivity contribution in [1.29, 1.82) is 0 Å². The minimum absolute atomic E-state index is 0.180. The molecule has 0 saturated carbocycles. The summed E-state index contributed by atoms with van der Waals surface area (Å²) in [6.07, 6.45) is 0. The van der Waals surface area contributed by atoms with Gasteiger partial charge in [-0.15, -0.1) is 0 Å². The maximum atomic E-state index is 12.5. The van der Waals surface area contributed by atoms with Crippen molar-refractivity contribution in [1.82, 2.24) is 0 Å². The first-order valence-electron chi connectivity index (χ1n) is 6.30. The molecule has 124 valence electrons. The molecule has 24 heavy (non-hydrogen) atoms. The van der Waals surface area contributed by atoms with Crippen molar-refractivity contribution >= 4 is 31.8 Å². The SMILES string of the molecule is O=C1c2ccc(S(=O)(=O)[O-])cc2C(=O)c2c1cccc2S(=O)(=O)[O-]. The standard InChI is InChI=1S/C14H8O8S2/c15-13-8-5-4-7(23(17,18)19)6-10(8)14(16)12-9(13)2-1-3-11(12)24(20,21)22/h1-6H,(H,17,18,19)(H,20,21,22)/p-2. The van der Waals surface area contributed by atoms with Gasteiger partial charge < -0.3 is 9.11 Å². The number of carbonyl (C=O) groups excluding carboxylic acids is 2. The zero-order valence-corrected chi connectivity index (χ0v) is 13.2. The van der Waals surface area contributed by atoms with Crippen molar-refractivity contribution in [3.8, 4) is 0 Å². The largest absolute Gasteiger partial charge is 0.744 e. The molecule has 3 rings (SSSR count). The van der Waals surface area contributed by atoms with E-state index < -0.39 is 52.7 Å². The number of hydrogen-bond donors (Lipinski definition) is 0. The Morgan fingerprint density at radius 3 is 1.96 bits per heavy atom. The molecular weight excluding hydrogens is 360 g/mol. The Balaban J connectivity index is 2.37. The molecule has 0 N–H and O–H groups in total. The lowest BCUT2D eigenvalue weighted by Crippen LogP contribution is -2.24. The van der Waals surface area contributed by atoms with Crippen LogP contribution in [0.5, 0.6) is 0 Å². The van der Waals surface area contributed by atoms with Crippen LogP contribution in [0.4, 0.5) is 0 Å². The lowest BCUT2D eigenvalue weighted by molar-refractivity contribution is 0.0976. The molecule has 0 unspecified atom stereocenters. The van der Waals surface area contributed by atoms with E-state index in [4.69, 9.17) is 0 Å². The molecule has 2 aromatic rings. The van der Waals surface area contributed by atoms with Gasteiger partial charge in [-0.25, -0.2) is 16.8 Å². The highest BCUT2D eigenvalue weighted by Crippen LogP contribution is 2.32. The van der Waals surface area contributed by atoms with Gasteiger partial charge in [-0.2, -0.15) is 0 Å². The quantitative estimate of drug-likeness (QED) is 0.587. The highest BCUT2D eigenvalue weighted by Gasteiger charge is 2.33. The van der Waals surface area contributed by atoms with Gasteiger partial charge in [0.2, 0.25) is 0 Å². The highest BCUT2D eigenvalue weighted by atomic mass is 32.2. The summed E-state index contributed by atoms with van der Waals surface area (Å²) in [7, 11) is -9.93. The molecule has 0 bridgehead atoms. The number of rotatable bonds is 2. The molecule has 0 atom stereocenters. The number of benzene rings is 2. The number of carbonyl (C=O) groups is 2. The molecule has 0 radical (unpaired) electrons. The predicted octanol–water partition coefficient (Wildman–Crippen LogP) is 0.270. The molecule has 0 spiro atoms. The molecule has 8 nitrogen and oxygen atoms in total. The van der Waals surface area contributed by atoms with Crippen molar-refractivity contribution in [2.24, 2.45) is 0 Å². The third-order valence-corrected chi connectivity index (χ3v) is 5.25. The molecule has 1 aliphatic rings. The first-order chi connectivity index (χ1) is 11.0. The summed E-state index contributed by atoms with van der Waals surface area (Å²) in [6, 6.07) is 5.80. The van der Waals surface area contributed by atoms with Crippen LogP contribution in [-0.4, -0.2) is 37.5 Å². The van der Waals surface area contributed by atoms with Crippen LogP contribution in [-0.2, 0) is 20.2 Å². The molecule has 10 heteroatoms. The van der Waals surface area contributed by atoms with Crippen molar-refractivity contribution < 1.29 is 35.5 Å². The lowest BCUT2D eigenvalue weighted by atomic mass is 9.84. The summed E-state index contributed by atoms with van der Waals surface area (Å²) in [5.74, 6) is -1.76. The lowest BCUT2D eigenvalue weighted by Gasteiger charge is -2.22. The van der Waals surface area contributed by atoms with Crippen molar-refractivity contribution in [2.45, 2.75) is 9.79 Å². The summed E-state index contributed by atoms with van der Waals surface area (Å²) in [4.78, 5) is 23.3. The van der Waals surface area contributed by atoms with Crippen LogP contribution in [0.2, 0.25) is 0 Å². The first-order valence-corrected chi connectivity index (χ1v) is 9.12. The molecule has 0 saturated heterocycles. The number of hydrogen-bond acceptors (Lipinski definition) is 8. The van der Waals surface area contributed by atoms with Crippen LogP contribution >= 0.6 is 0 Å². The summed E-state index contributed by atoms with van der Waals surface area (Å²) in [6.45, 7) is 0. The minimum Gasteiger partial charge on any atom is -0.744 e. The Morgan fingerprint density at radius 1 is 0.708 bits per heavy atom. The normalized spacial score (nSPS) is 14.2. The average Bonchev–Trinajstić information content (AvgIpc) is 2.49. The van der Waals surface area contributed by atoms with E-state index in [1.807, 2.05) is 0 Å². The average molecular weight is 366 g/mol. The number of fused-ring (bicyclic) bond motifs is 2. The summed E-state index contributed by atoms with van der Waals surface area (Å²) in [5, 5.41) is 0. The van der Waals surface area contributed by atoms with Gasteiger partial charge in [-0.3, -0.25) is 9.59 Å². The Morgan fingerprint density at radius 2 is 1.38 bits per heavy atom. The van der Waals surface area contributed by atoms with Crippen LogP contribution in [0.3, 0.4) is 0 Å². The first kappa shape index (κ1) is 16.5. The molecule has 0 fully saturated rings. The smallest absolute Gasteiger partial charge is 0.195 e. The van der Waals surface area contributed by atoms with Gasteiger partial charge in [-0.05, 0) is 24.3 Å². The van der Waals surface area contributed by atoms with Gasteiger partial charge in [0.15, 0.2) is 11.6 Å². The van der Waals surface area contributed by atoms with E-state index in [2.05, 4.69) is 0 Å². The second-order valence-electron chi connectivity index (χ2n) is 4.95. The Labute approximate surface area is 136 Å². The van der Waals surface area contributed by atoms with E-state index in [1.165, 1.54) is 6.07 Å². The molecule has 2 aromatic carbocycles. The fourth-order valence-corrected chi connectivity index (χ4v) is 3.70. The van der Waals surface area contributed by atoms with Gasteiger partial charge in [0.1, 0.15) is 20.2 Å². The van der Waals surface area contributed by atoms with Crippen LogP contribution in [0.25, 0.3) is 0 Å². The van der Waals surface area contributed by atoms with Crippen LogP contribution in [0, 0.1) is 0 Å². The Kier molecular flexibility index (Phi) is 3.46. The molecule has 1 aliphatic carbocycles. The molecule has 0 heterocycles. The number of ketones is 2. The second-order valence-corrected chi connectivity index (χ2v) is 7.68. The monoisotopic (exact) mass is 366 g/mol. The molecule has 0 aromatic heterocycles. The van der Waals surface area contributed by atoms with E-state index in [1.54, 1.807) is 0 Å². The van der Waals surface area contributed by atoms with Gasteiger partial charge in [0.05, 0.1) is 15.4 Å². The fraction of sp³-hybridized carbons (Fsp3) is 0. The Bertz CT molecular complexity index is 1130. The maximum absolute atomic E-state index is 12.5. The van der Waals surface area contributed by atoms with E-state index in [9.17, 15) is 35.5 Å². The van der Waals surface area contributed by atoms with Crippen molar-refractivity contribution in [3.05, 3.63) is 58.7 Å².